The average molecular weight is 333 g/mol. The summed E-state index contributed by atoms with van der Waals surface area (Å²) in [5, 5.41) is 7.66. The Morgan fingerprint density at radius 3 is 2.77 bits per heavy atom. The molecule has 0 saturated heterocycles. The van der Waals surface area contributed by atoms with E-state index in [-0.39, 0.29) is 11.6 Å². The highest BCUT2D eigenvalue weighted by Crippen LogP contribution is 2.25. The predicted octanol–water partition coefficient (Wildman–Crippen LogP) is 3.83. The predicted molar refractivity (Wildman–Crippen MR) is 85.8 cm³/mol. The Kier molecular flexibility index (Phi) is 4.09. The van der Waals surface area contributed by atoms with Gasteiger partial charge in [0.1, 0.15) is 5.69 Å². The minimum absolute atomic E-state index is 0.254. The maximum Gasteiger partial charge on any atom is 0.274 e. The lowest BCUT2D eigenvalue weighted by molar-refractivity contribution is 0.102. The van der Waals surface area contributed by atoms with Crippen molar-refractivity contribution in [2.45, 2.75) is 0 Å². The summed E-state index contributed by atoms with van der Waals surface area (Å²) in [6.07, 6.45) is 3.39. The van der Waals surface area contributed by atoms with Crippen LogP contribution in [0.2, 0.25) is 10.0 Å². The number of benzene rings is 1. The van der Waals surface area contributed by atoms with Crippen LogP contribution in [0.1, 0.15) is 10.5 Å². The fourth-order valence-corrected chi connectivity index (χ4v) is 2.20. The third-order valence-electron chi connectivity index (χ3n) is 2.88. The number of pyridine rings is 1. The van der Waals surface area contributed by atoms with Crippen LogP contribution in [0.25, 0.3) is 5.82 Å². The van der Waals surface area contributed by atoms with E-state index in [1.54, 1.807) is 59.5 Å². The van der Waals surface area contributed by atoms with Crippen molar-refractivity contribution in [3.8, 4) is 5.82 Å². The number of hydrogen-bond acceptors (Lipinski definition) is 3. The molecule has 1 aromatic carbocycles. The molecule has 0 fully saturated rings. The zero-order valence-electron chi connectivity index (χ0n) is 11.2. The number of nitrogens with one attached hydrogen (secondary N) is 1. The van der Waals surface area contributed by atoms with Gasteiger partial charge in [-0.3, -0.25) is 4.79 Å². The van der Waals surface area contributed by atoms with E-state index in [4.69, 9.17) is 23.2 Å². The molecule has 7 heteroatoms. The van der Waals surface area contributed by atoms with Crippen molar-refractivity contribution in [1.82, 2.24) is 14.8 Å². The monoisotopic (exact) mass is 332 g/mol. The SMILES string of the molecule is O=C(Nc1cc(Cl)ccc1Cl)c1cccc(-n2cccn2)n1. The zero-order chi connectivity index (χ0) is 15.5. The molecule has 110 valence electrons. The lowest BCUT2D eigenvalue weighted by atomic mass is 10.3. The Bertz CT molecular complexity index is 818. The van der Waals surface area contributed by atoms with Gasteiger partial charge in [-0.15, -0.1) is 0 Å². The van der Waals surface area contributed by atoms with Gasteiger partial charge in [-0.05, 0) is 36.4 Å². The maximum atomic E-state index is 12.3. The Morgan fingerprint density at radius 1 is 1.14 bits per heavy atom. The van der Waals surface area contributed by atoms with Crippen molar-refractivity contribution in [2.75, 3.05) is 5.32 Å². The number of carbonyl (C=O) groups excluding carboxylic acids is 1. The fourth-order valence-electron chi connectivity index (χ4n) is 1.86. The molecule has 0 saturated carbocycles. The summed E-state index contributed by atoms with van der Waals surface area (Å²) >= 11 is 11.9. The van der Waals surface area contributed by atoms with Gasteiger partial charge in [-0.2, -0.15) is 5.10 Å². The van der Waals surface area contributed by atoms with Gasteiger partial charge in [0.15, 0.2) is 5.82 Å². The zero-order valence-corrected chi connectivity index (χ0v) is 12.7. The van der Waals surface area contributed by atoms with Gasteiger partial charge < -0.3 is 5.32 Å². The first-order valence-electron chi connectivity index (χ1n) is 6.37. The van der Waals surface area contributed by atoms with Gasteiger partial charge >= 0.3 is 0 Å². The smallest absolute Gasteiger partial charge is 0.274 e. The third-order valence-corrected chi connectivity index (χ3v) is 3.45. The summed E-state index contributed by atoms with van der Waals surface area (Å²) in [5.41, 5.74) is 0.689. The van der Waals surface area contributed by atoms with Crippen molar-refractivity contribution in [3.05, 3.63) is 70.6 Å². The van der Waals surface area contributed by atoms with Gasteiger partial charge in [0.25, 0.3) is 5.91 Å². The van der Waals surface area contributed by atoms with Crippen LogP contribution in [-0.2, 0) is 0 Å². The molecule has 2 aromatic heterocycles. The second-order valence-electron chi connectivity index (χ2n) is 4.41. The number of halogens is 2. The van der Waals surface area contributed by atoms with Crippen LogP contribution in [0.4, 0.5) is 5.69 Å². The summed E-state index contributed by atoms with van der Waals surface area (Å²) in [4.78, 5) is 16.6. The highest BCUT2D eigenvalue weighted by atomic mass is 35.5. The molecule has 0 radical (unpaired) electrons. The topological polar surface area (TPSA) is 59.8 Å². The van der Waals surface area contributed by atoms with E-state index in [0.29, 0.717) is 21.6 Å². The number of aromatic nitrogens is 3. The number of carbonyl (C=O) groups is 1. The van der Waals surface area contributed by atoms with E-state index < -0.39 is 0 Å². The quantitative estimate of drug-likeness (QED) is 0.792. The second kappa shape index (κ2) is 6.17. The lowest BCUT2D eigenvalue weighted by Gasteiger charge is -2.08. The van der Waals surface area contributed by atoms with Gasteiger partial charge in [0, 0.05) is 17.4 Å². The summed E-state index contributed by atoms with van der Waals surface area (Å²) in [5.74, 6) is 0.174. The van der Waals surface area contributed by atoms with E-state index in [0.717, 1.165) is 0 Å². The Balaban J connectivity index is 1.86. The van der Waals surface area contributed by atoms with Crippen molar-refractivity contribution < 1.29 is 4.79 Å². The fraction of sp³-hybridized carbons (Fsp3) is 0. The number of anilines is 1. The minimum atomic E-state index is -0.377. The molecule has 0 bridgehead atoms. The Hall–Kier alpha value is -2.37. The first kappa shape index (κ1) is 14.6. The Labute approximate surface area is 136 Å². The Morgan fingerprint density at radius 2 is 2.00 bits per heavy atom. The maximum absolute atomic E-state index is 12.3. The van der Waals surface area contributed by atoms with Crippen molar-refractivity contribution in [2.24, 2.45) is 0 Å². The van der Waals surface area contributed by atoms with Gasteiger partial charge in [0.2, 0.25) is 0 Å². The highest BCUT2D eigenvalue weighted by molar-refractivity contribution is 6.35. The van der Waals surface area contributed by atoms with Gasteiger partial charge in [0.05, 0.1) is 10.7 Å². The summed E-state index contributed by atoms with van der Waals surface area (Å²) in [7, 11) is 0. The summed E-state index contributed by atoms with van der Waals surface area (Å²) < 4.78 is 1.57. The van der Waals surface area contributed by atoms with E-state index in [1.807, 2.05) is 0 Å². The van der Waals surface area contributed by atoms with Crippen LogP contribution in [0, 0.1) is 0 Å². The van der Waals surface area contributed by atoms with Crippen molar-refractivity contribution in [1.29, 1.82) is 0 Å². The summed E-state index contributed by atoms with van der Waals surface area (Å²) in [6.45, 7) is 0. The molecule has 2 heterocycles. The minimum Gasteiger partial charge on any atom is -0.319 e. The van der Waals surface area contributed by atoms with Crippen LogP contribution in [0.15, 0.2) is 54.9 Å². The van der Waals surface area contributed by atoms with Crippen LogP contribution in [-0.4, -0.2) is 20.7 Å². The van der Waals surface area contributed by atoms with E-state index >= 15 is 0 Å². The third kappa shape index (κ3) is 3.10. The largest absolute Gasteiger partial charge is 0.319 e. The molecule has 0 aliphatic heterocycles. The van der Waals surface area contributed by atoms with Crippen LogP contribution in [0.5, 0.6) is 0 Å². The number of nitrogens with zero attached hydrogens (tertiary/aromatic N) is 3. The molecule has 1 N–H and O–H groups in total. The highest BCUT2D eigenvalue weighted by Gasteiger charge is 2.11. The molecule has 0 aliphatic carbocycles. The molecule has 5 nitrogen and oxygen atoms in total. The molecule has 0 aliphatic rings. The van der Waals surface area contributed by atoms with Crippen LogP contribution in [0.3, 0.4) is 0 Å². The van der Waals surface area contributed by atoms with E-state index in [2.05, 4.69) is 15.4 Å². The molecule has 0 unspecified atom stereocenters. The standard InChI is InChI=1S/C15H10Cl2N4O/c16-10-5-6-11(17)13(9-10)20-15(22)12-3-1-4-14(19-12)21-8-2-7-18-21/h1-9H,(H,20,22). The van der Waals surface area contributed by atoms with Gasteiger partial charge in [-0.25, -0.2) is 9.67 Å². The average Bonchev–Trinajstić information content (AvgIpc) is 3.05. The molecular formula is C15H10Cl2N4O. The number of hydrogen-bond donors (Lipinski definition) is 1. The molecular weight excluding hydrogens is 323 g/mol. The van der Waals surface area contributed by atoms with Crippen LogP contribution >= 0.6 is 23.2 Å². The first-order valence-corrected chi connectivity index (χ1v) is 7.12. The van der Waals surface area contributed by atoms with Gasteiger partial charge in [-0.1, -0.05) is 29.3 Å². The van der Waals surface area contributed by atoms with E-state index in [1.165, 1.54) is 0 Å². The molecule has 0 spiro atoms. The molecule has 22 heavy (non-hydrogen) atoms. The molecule has 0 atom stereocenters. The molecule has 3 rings (SSSR count). The van der Waals surface area contributed by atoms with Crippen molar-refractivity contribution in [3.63, 3.8) is 0 Å². The van der Waals surface area contributed by atoms with Crippen molar-refractivity contribution >= 4 is 34.8 Å². The second-order valence-corrected chi connectivity index (χ2v) is 5.25. The van der Waals surface area contributed by atoms with E-state index in [9.17, 15) is 4.79 Å². The molecule has 1 amide bonds. The molecule has 3 aromatic rings. The first-order chi connectivity index (χ1) is 10.6. The number of rotatable bonds is 3. The number of amides is 1. The normalized spacial score (nSPS) is 10.5. The lowest BCUT2D eigenvalue weighted by Crippen LogP contribution is -2.15. The van der Waals surface area contributed by atoms with Crippen LogP contribution < -0.4 is 5.32 Å². The summed E-state index contributed by atoms with van der Waals surface area (Å²) in [6, 6.07) is 11.7.